The molecule has 0 fully saturated rings. The number of hydrogen-bond acceptors (Lipinski definition) is 4. The van der Waals surface area contributed by atoms with Crippen molar-refractivity contribution >= 4 is 5.97 Å². The van der Waals surface area contributed by atoms with Crippen molar-refractivity contribution in [2.75, 3.05) is 6.61 Å². The van der Waals surface area contributed by atoms with Crippen molar-refractivity contribution < 1.29 is 14.6 Å². The molecule has 2 rings (SSSR count). The Kier molecular flexibility index (Phi) is 3.92. The summed E-state index contributed by atoms with van der Waals surface area (Å²) < 4.78 is 6.49. The number of para-hydroxylation sites is 1. The fourth-order valence-electron chi connectivity index (χ4n) is 1.49. The van der Waals surface area contributed by atoms with Gasteiger partial charge in [0.15, 0.2) is 5.69 Å². The van der Waals surface area contributed by atoms with Crippen LogP contribution in [0, 0.1) is 0 Å². The Morgan fingerprint density at radius 3 is 2.63 bits per heavy atom. The summed E-state index contributed by atoms with van der Waals surface area (Å²) in [6.07, 6.45) is 0. The van der Waals surface area contributed by atoms with Gasteiger partial charge in [-0.05, 0) is 18.2 Å². The molecule has 0 atom stereocenters. The average molecular weight is 260 g/mol. The molecule has 1 aromatic carbocycles. The molecule has 0 saturated heterocycles. The molecule has 1 N–H and O–H groups in total. The van der Waals surface area contributed by atoms with E-state index in [1.807, 2.05) is 18.2 Å². The normalized spacial score (nSPS) is 10.1. The van der Waals surface area contributed by atoms with Gasteiger partial charge in [0, 0.05) is 6.07 Å². The fourth-order valence-corrected chi connectivity index (χ4v) is 1.49. The van der Waals surface area contributed by atoms with E-state index in [-0.39, 0.29) is 24.4 Å². The largest absolute Gasteiger partial charge is 0.492 e. The van der Waals surface area contributed by atoms with Crippen LogP contribution in [-0.2, 0) is 6.54 Å². The Morgan fingerprint density at radius 2 is 1.95 bits per heavy atom. The van der Waals surface area contributed by atoms with Gasteiger partial charge in [0.25, 0.3) is 5.56 Å². The van der Waals surface area contributed by atoms with Crippen LogP contribution in [0.25, 0.3) is 0 Å². The van der Waals surface area contributed by atoms with Crippen LogP contribution >= 0.6 is 0 Å². The van der Waals surface area contributed by atoms with Crippen molar-refractivity contribution in [2.45, 2.75) is 6.54 Å². The molecule has 98 valence electrons. The van der Waals surface area contributed by atoms with Crippen LogP contribution in [0.15, 0.2) is 47.3 Å². The lowest BCUT2D eigenvalue weighted by molar-refractivity contribution is 0.0687. The topological polar surface area (TPSA) is 81.4 Å². The van der Waals surface area contributed by atoms with E-state index in [9.17, 15) is 9.59 Å². The minimum atomic E-state index is -1.17. The summed E-state index contributed by atoms with van der Waals surface area (Å²) in [4.78, 5) is 22.2. The molecule has 0 radical (unpaired) electrons. The number of benzene rings is 1. The molecule has 6 heteroatoms. The number of ether oxygens (including phenoxy) is 1. The van der Waals surface area contributed by atoms with Crippen molar-refractivity contribution in [3.8, 4) is 5.75 Å². The van der Waals surface area contributed by atoms with Gasteiger partial charge in [-0.3, -0.25) is 4.79 Å². The smallest absolute Gasteiger partial charge is 0.356 e. The first-order valence-electron chi connectivity index (χ1n) is 5.66. The van der Waals surface area contributed by atoms with Gasteiger partial charge in [0.1, 0.15) is 12.4 Å². The lowest BCUT2D eigenvalue weighted by Gasteiger charge is -2.07. The van der Waals surface area contributed by atoms with E-state index in [2.05, 4.69) is 5.10 Å². The maximum Gasteiger partial charge on any atom is 0.356 e. The average Bonchev–Trinajstić information content (AvgIpc) is 2.42. The number of rotatable bonds is 5. The molecule has 19 heavy (non-hydrogen) atoms. The molecular weight excluding hydrogens is 248 g/mol. The van der Waals surface area contributed by atoms with Crippen LogP contribution in [0.3, 0.4) is 0 Å². The predicted octanol–water partition coefficient (Wildman–Crippen LogP) is 1.02. The third kappa shape index (κ3) is 3.41. The maximum atomic E-state index is 11.5. The van der Waals surface area contributed by atoms with E-state index in [0.717, 1.165) is 4.68 Å². The minimum Gasteiger partial charge on any atom is -0.492 e. The quantitative estimate of drug-likeness (QED) is 0.868. The zero-order valence-electron chi connectivity index (χ0n) is 10.0. The summed E-state index contributed by atoms with van der Waals surface area (Å²) in [6, 6.07) is 11.5. The van der Waals surface area contributed by atoms with Crippen LogP contribution < -0.4 is 10.3 Å². The molecule has 0 aliphatic rings. The SMILES string of the molecule is O=C(O)c1ccc(=O)n(CCOc2ccccc2)n1. The van der Waals surface area contributed by atoms with Crippen molar-refractivity contribution in [3.63, 3.8) is 0 Å². The molecule has 1 heterocycles. The van der Waals surface area contributed by atoms with Gasteiger partial charge in [0.2, 0.25) is 0 Å². The van der Waals surface area contributed by atoms with Crippen molar-refractivity contribution in [1.82, 2.24) is 9.78 Å². The summed E-state index contributed by atoms with van der Waals surface area (Å²) in [5.41, 5.74) is -0.527. The first-order valence-corrected chi connectivity index (χ1v) is 5.66. The van der Waals surface area contributed by atoms with Crippen molar-refractivity contribution in [2.24, 2.45) is 0 Å². The highest BCUT2D eigenvalue weighted by Crippen LogP contribution is 2.07. The molecule has 0 bridgehead atoms. The van der Waals surface area contributed by atoms with Crippen molar-refractivity contribution in [3.05, 3.63) is 58.5 Å². The molecule has 1 aromatic heterocycles. The van der Waals surface area contributed by atoms with E-state index >= 15 is 0 Å². The Bertz CT molecular complexity index is 622. The first kappa shape index (κ1) is 12.8. The molecule has 0 amide bonds. The summed E-state index contributed by atoms with van der Waals surface area (Å²) in [5, 5.41) is 12.5. The molecule has 2 aromatic rings. The van der Waals surface area contributed by atoms with E-state index in [4.69, 9.17) is 9.84 Å². The number of carboxylic acid groups (broad SMARTS) is 1. The molecule has 0 aliphatic heterocycles. The van der Waals surface area contributed by atoms with Gasteiger partial charge in [-0.1, -0.05) is 18.2 Å². The number of aromatic carboxylic acids is 1. The van der Waals surface area contributed by atoms with E-state index in [1.165, 1.54) is 12.1 Å². The molecule has 0 spiro atoms. The molecule has 6 nitrogen and oxygen atoms in total. The van der Waals surface area contributed by atoms with Crippen LogP contribution in [-0.4, -0.2) is 27.5 Å². The Labute approximate surface area is 108 Å². The summed E-state index contributed by atoms with van der Waals surface area (Å²) in [5.74, 6) is -0.484. The third-order valence-corrected chi connectivity index (χ3v) is 2.40. The maximum absolute atomic E-state index is 11.5. The fraction of sp³-hybridized carbons (Fsp3) is 0.154. The van der Waals surface area contributed by atoms with Gasteiger partial charge >= 0.3 is 5.97 Å². The highest BCUT2D eigenvalue weighted by atomic mass is 16.5. The minimum absolute atomic E-state index is 0.167. The highest BCUT2D eigenvalue weighted by molar-refractivity contribution is 5.84. The molecule has 0 saturated carbocycles. The van der Waals surface area contributed by atoms with Gasteiger partial charge in [-0.25, -0.2) is 9.48 Å². The van der Waals surface area contributed by atoms with Crippen LogP contribution in [0.4, 0.5) is 0 Å². The van der Waals surface area contributed by atoms with E-state index < -0.39 is 5.97 Å². The Hall–Kier alpha value is -2.63. The lowest BCUT2D eigenvalue weighted by Crippen LogP contribution is -2.26. The zero-order chi connectivity index (χ0) is 13.7. The van der Waals surface area contributed by atoms with Gasteiger partial charge in [0.05, 0.1) is 6.54 Å². The summed E-state index contributed by atoms with van der Waals surface area (Å²) >= 11 is 0. The lowest BCUT2D eigenvalue weighted by atomic mass is 10.3. The standard InChI is InChI=1S/C13H12N2O4/c16-12-7-6-11(13(17)18)14-15(12)8-9-19-10-4-2-1-3-5-10/h1-7H,8-9H2,(H,17,18). The summed E-state index contributed by atoms with van der Waals surface area (Å²) in [6.45, 7) is 0.425. The van der Waals surface area contributed by atoms with E-state index in [0.29, 0.717) is 5.75 Å². The number of carboxylic acids is 1. The van der Waals surface area contributed by atoms with Crippen LogP contribution in [0.1, 0.15) is 10.5 Å². The number of aromatic nitrogens is 2. The Morgan fingerprint density at radius 1 is 1.21 bits per heavy atom. The molecule has 0 aliphatic carbocycles. The predicted molar refractivity (Wildman–Crippen MR) is 67.4 cm³/mol. The first-order chi connectivity index (χ1) is 9.16. The number of carbonyl (C=O) groups is 1. The second kappa shape index (κ2) is 5.81. The number of hydrogen-bond donors (Lipinski definition) is 1. The number of nitrogens with zero attached hydrogens (tertiary/aromatic N) is 2. The highest BCUT2D eigenvalue weighted by Gasteiger charge is 2.07. The molecular formula is C13H12N2O4. The van der Waals surface area contributed by atoms with Crippen molar-refractivity contribution in [1.29, 1.82) is 0 Å². The Balaban J connectivity index is 2.01. The molecule has 0 unspecified atom stereocenters. The van der Waals surface area contributed by atoms with Gasteiger partial charge in [-0.15, -0.1) is 0 Å². The summed E-state index contributed by atoms with van der Waals surface area (Å²) in [7, 11) is 0. The third-order valence-electron chi connectivity index (χ3n) is 2.40. The second-order valence-corrected chi connectivity index (χ2v) is 3.75. The monoisotopic (exact) mass is 260 g/mol. The van der Waals surface area contributed by atoms with Crippen LogP contribution in [0.5, 0.6) is 5.75 Å². The van der Waals surface area contributed by atoms with Crippen LogP contribution in [0.2, 0.25) is 0 Å². The van der Waals surface area contributed by atoms with Gasteiger partial charge in [-0.2, -0.15) is 5.10 Å². The second-order valence-electron chi connectivity index (χ2n) is 3.75. The van der Waals surface area contributed by atoms with Gasteiger partial charge < -0.3 is 9.84 Å². The zero-order valence-corrected chi connectivity index (χ0v) is 10.0. The van der Waals surface area contributed by atoms with E-state index in [1.54, 1.807) is 12.1 Å².